The van der Waals surface area contributed by atoms with Crippen LogP contribution in [-0.4, -0.2) is 25.6 Å². The van der Waals surface area contributed by atoms with Gasteiger partial charge in [-0.2, -0.15) is 5.10 Å². The molecule has 2 aromatic heterocycles. The van der Waals surface area contributed by atoms with E-state index in [1.54, 1.807) is 0 Å². The number of nitrogens with zero attached hydrogens (tertiary/aromatic N) is 4. The topological polar surface area (TPSA) is 83.2 Å². The Labute approximate surface area is 84.8 Å². The maximum atomic E-state index is 10.3. The summed E-state index contributed by atoms with van der Waals surface area (Å²) in [5.41, 5.74) is 0.341. The van der Waals surface area contributed by atoms with Crippen LogP contribution in [0.5, 0.6) is 0 Å². The fourth-order valence-electron chi connectivity index (χ4n) is 0.833. The van der Waals surface area contributed by atoms with Gasteiger partial charge in [-0.15, -0.1) is 0 Å². The van der Waals surface area contributed by atoms with Crippen LogP contribution in [0.4, 0.5) is 0 Å². The van der Waals surface area contributed by atoms with Gasteiger partial charge in [0.15, 0.2) is 5.65 Å². The standard InChI is InChI=1S/C6H4N4O2.Li/c11-6(12)4-2-10-5(1-7-4)8-3-9-10;/h1-3H,(H,11,12);/q;+1/p-1. The Balaban J connectivity index is 0.000000845. The number of hydrogen-bond acceptors (Lipinski definition) is 5. The van der Waals surface area contributed by atoms with Crippen molar-refractivity contribution < 1.29 is 28.8 Å². The molecule has 2 aromatic rings. The van der Waals surface area contributed by atoms with E-state index < -0.39 is 5.97 Å². The fraction of sp³-hybridized carbons (Fsp3) is 0. The monoisotopic (exact) mass is 170 g/mol. The molecule has 0 N–H and O–H groups in total. The SMILES string of the molecule is O=C([O-])c1cn2ncnc2cn1.[Li+]. The fourth-order valence-corrected chi connectivity index (χ4v) is 0.833. The van der Waals surface area contributed by atoms with Crippen LogP contribution >= 0.6 is 0 Å². The van der Waals surface area contributed by atoms with Gasteiger partial charge in [-0.25, -0.2) is 14.5 Å². The second kappa shape index (κ2) is 3.56. The van der Waals surface area contributed by atoms with Crippen LogP contribution in [-0.2, 0) is 0 Å². The van der Waals surface area contributed by atoms with Gasteiger partial charge in [0.25, 0.3) is 0 Å². The van der Waals surface area contributed by atoms with Gasteiger partial charge in [0.1, 0.15) is 12.0 Å². The number of rotatable bonds is 1. The largest absolute Gasteiger partial charge is 1.00 e. The van der Waals surface area contributed by atoms with Crippen molar-refractivity contribution in [3.63, 3.8) is 0 Å². The first-order valence-corrected chi connectivity index (χ1v) is 3.14. The maximum absolute atomic E-state index is 10.3. The first-order valence-electron chi connectivity index (χ1n) is 3.14. The molecule has 7 heteroatoms. The van der Waals surface area contributed by atoms with Crippen molar-refractivity contribution in [1.82, 2.24) is 19.6 Å². The van der Waals surface area contributed by atoms with E-state index in [4.69, 9.17) is 0 Å². The van der Waals surface area contributed by atoms with Crippen molar-refractivity contribution in [2.45, 2.75) is 0 Å². The molecule has 0 saturated heterocycles. The molecule has 0 aliphatic rings. The molecule has 60 valence electrons. The van der Waals surface area contributed by atoms with Crippen LogP contribution in [0.1, 0.15) is 10.5 Å². The summed E-state index contributed by atoms with van der Waals surface area (Å²) >= 11 is 0. The molecular weight excluding hydrogens is 167 g/mol. The van der Waals surface area contributed by atoms with Gasteiger partial charge in [-0.05, 0) is 0 Å². The molecule has 13 heavy (non-hydrogen) atoms. The van der Waals surface area contributed by atoms with Crippen LogP contribution in [0.15, 0.2) is 18.7 Å². The van der Waals surface area contributed by atoms with E-state index in [2.05, 4.69) is 15.1 Å². The number of carbonyl (C=O) groups is 1. The molecule has 2 heterocycles. The van der Waals surface area contributed by atoms with Gasteiger partial charge in [-0.1, -0.05) is 0 Å². The average molecular weight is 170 g/mol. The van der Waals surface area contributed by atoms with Gasteiger partial charge in [0, 0.05) is 0 Å². The Morgan fingerprint density at radius 2 is 2.23 bits per heavy atom. The predicted molar refractivity (Wildman–Crippen MR) is 35.1 cm³/mol. The molecule has 0 amide bonds. The van der Waals surface area contributed by atoms with Gasteiger partial charge in [0.2, 0.25) is 0 Å². The van der Waals surface area contributed by atoms with Crippen molar-refractivity contribution in [3.05, 3.63) is 24.4 Å². The average Bonchev–Trinajstić information content (AvgIpc) is 2.49. The quantitative estimate of drug-likeness (QED) is 0.403. The third-order valence-corrected chi connectivity index (χ3v) is 1.37. The summed E-state index contributed by atoms with van der Waals surface area (Å²) in [6.45, 7) is 0. The first-order chi connectivity index (χ1) is 5.77. The molecule has 0 aliphatic heterocycles. The van der Waals surface area contributed by atoms with Crippen molar-refractivity contribution >= 4 is 11.6 Å². The van der Waals surface area contributed by atoms with E-state index in [0.717, 1.165) is 0 Å². The van der Waals surface area contributed by atoms with Crippen LogP contribution in [0.25, 0.3) is 5.65 Å². The number of hydrogen-bond donors (Lipinski definition) is 0. The minimum Gasteiger partial charge on any atom is -0.543 e. The molecule has 0 spiro atoms. The number of aromatic carboxylic acids is 1. The summed E-state index contributed by atoms with van der Waals surface area (Å²) in [7, 11) is 0. The third-order valence-electron chi connectivity index (χ3n) is 1.37. The van der Waals surface area contributed by atoms with E-state index in [1.165, 1.54) is 23.2 Å². The third kappa shape index (κ3) is 1.69. The summed E-state index contributed by atoms with van der Waals surface area (Å²) in [4.78, 5) is 17.7. The molecule has 0 fully saturated rings. The Morgan fingerprint density at radius 1 is 1.46 bits per heavy atom. The number of carboxylic acid groups (broad SMARTS) is 1. The number of carbonyl (C=O) groups excluding carboxylic acids is 1. The molecule has 6 nitrogen and oxygen atoms in total. The van der Waals surface area contributed by atoms with E-state index in [-0.39, 0.29) is 24.6 Å². The summed E-state index contributed by atoms with van der Waals surface area (Å²) in [6, 6.07) is 0. The molecule has 0 bridgehead atoms. The summed E-state index contributed by atoms with van der Waals surface area (Å²) in [5.74, 6) is -1.33. The minimum atomic E-state index is -1.33. The molecule has 0 aliphatic carbocycles. The Kier molecular flexibility index (Phi) is 2.65. The first kappa shape index (κ1) is 9.70. The zero-order chi connectivity index (χ0) is 8.55. The number of carboxylic acids is 1. The summed E-state index contributed by atoms with van der Waals surface area (Å²) < 4.78 is 1.32. The van der Waals surface area contributed by atoms with Gasteiger partial charge >= 0.3 is 18.9 Å². The minimum absolute atomic E-state index is 0. The Bertz CT molecular complexity index is 441. The second-order valence-electron chi connectivity index (χ2n) is 2.12. The van der Waals surface area contributed by atoms with Crippen LogP contribution in [0.2, 0.25) is 0 Å². The van der Waals surface area contributed by atoms with Crippen molar-refractivity contribution in [2.75, 3.05) is 0 Å². The number of aromatic nitrogens is 4. The van der Waals surface area contributed by atoms with E-state index in [0.29, 0.717) is 5.65 Å². The Morgan fingerprint density at radius 3 is 2.92 bits per heavy atom. The van der Waals surface area contributed by atoms with E-state index >= 15 is 0 Å². The van der Waals surface area contributed by atoms with Crippen LogP contribution in [0, 0.1) is 0 Å². The zero-order valence-electron chi connectivity index (χ0n) is 6.84. The zero-order valence-corrected chi connectivity index (χ0v) is 6.84. The molecule has 2 rings (SSSR count). The van der Waals surface area contributed by atoms with Crippen LogP contribution < -0.4 is 24.0 Å². The normalized spacial score (nSPS) is 9.54. The summed E-state index contributed by atoms with van der Waals surface area (Å²) in [5, 5.41) is 14.1. The van der Waals surface area contributed by atoms with Crippen molar-refractivity contribution in [2.24, 2.45) is 0 Å². The molecular formula is C6H3LiN4O2. The molecule has 0 unspecified atom stereocenters. The molecule has 0 atom stereocenters. The summed E-state index contributed by atoms with van der Waals surface area (Å²) in [6.07, 6.45) is 3.88. The predicted octanol–water partition coefficient (Wildman–Crippen LogP) is -4.51. The second-order valence-corrected chi connectivity index (χ2v) is 2.12. The Hall–Kier alpha value is -1.38. The molecule has 0 radical (unpaired) electrons. The maximum Gasteiger partial charge on any atom is 1.00 e. The van der Waals surface area contributed by atoms with E-state index in [1.807, 2.05) is 0 Å². The van der Waals surface area contributed by atoms with Gasteiger partial charge in [0.05, 0.1) is 18.4 Å². The van der Waals surface area contributed by atoms with Gasteiger partial charge < -0.3 is 9.90 Å². The number of fused-ring (bicyclic) bond motifs is 1. The van der Waals surface area contributed by atoms with Crippen molar-refractivity contribution in [1.29, 1.82) is 0 Å². The smallest absolute Gasteiger partial charge is 0.543 e. The van der Waals surface area contributed by atoms with Crippen molar-refractivity contribution in [3.8, 4) is 0 Å². The van der Waals surface area contributed by atoms with Gasteiger partial charge in [-0.3, -0.25) is 0 Å². The molecule has 0 aromatic carbocycles. The van der Waals surface area contributed by atoms with Crippen LogP contribution in [0.3, 0.4) is 0 Å². The molecule has 0 saturated carbocycles. The van der Waals surface area contributed by atoms with E-state index in [9.17, 15) is 9.90 Å².